The molecule has 12 heteroatoms. The molecule has 0 radical (unpaired) electrons. The van der Waals surface area contributed by atoms with Gasteiger partial charge in [0.1, 0.15) is 5.75 Å². The molecule has 2 heterocycles. The molecule has 1 N–H and O–H groups in total. The van der Waals surface area contributed by atoms with Crippen molar-refractivity contribution in [2.24, 2.45) is 0 Å². The third-order valence-corrected chi connectivity index (χ3v) is 8.11. The zero-order valence-corrected chi connectivity index (χ0v) is 19.7. The van der Waals surface area contributed by atoms with E-state index in [1.165, 1.54) is 26.0 Å². The Morgan fingerprint density at radius 1 is 1.14 bits per heavy atom. The molecular weight excluding hydrogens is 478 g/mol. The maximum Gasteiger partial charge on any atom is 0.382 e. The van der Waals surface area contributed by atoms with E-state index in [1.54, 1.807) is 48.5 Å². The van der Waals surface area contributed by atoms with E-state index in [0.717, 1.165) is 4.90 Å². The van der Waals surface area contributed by atoms with E-state index in [0.29, 0.717) is 5.75 Å². The fourth-order valence-electron chi connectivity index (χ4n) is 4.18. The van der Waals surface area contributed by atoms with Crippen LogP contribution in [0.3, 0.4) is 0 Å². The fourth-order valence-corrected chi connectivity index (χ4v) is 6.10. The standard InChI is InChI=1S/C23H23N3O8S/c1-23(2)18(22(29)34-20(26(30)31)14-9-5-3-6-10-14)25-19(28)17(21(25)35(23)32)24-16(27)13-33-15-11-7-4-8-12-15/h3-12,17-18,20-21H,13H2,1-2H3,(H,24,27)/t17?,18?,20?,21-,35?/m0/s1. The molecule has 0 aromatic heterocycles. The summed E-state index contributed by atoms with van der Waals surface area (Å²) in [5, 5.41) is 13.1. The van der Waals surface area contributed by atoms with Gasteiger partial charge in [-0.05, 0) is 49.3 Å². The van der Waals surface area contributed by atoms with Crippen LogP contribution in [0, 0.1) is 10.1 Å². The number of nitro groups is 1. The van der Waals surface area contributed by atoms with Gasteiger partial charge in [-0.1, -0.05) is 36.4 Å². The number of ether oxygens (including phenoxy) is 2. The molecule has 184 valence electrons. The molecule has 2 saturated heterocycles. The average Bonchev–Trinajstić information content (AvgIpc) is 3.03. The van der Waals surface area contributed by atoms with Gasteiger partial charge in [0, 0.05) is 0 Å². The predicted octanol–water partition coefficient (Wildman–Crippen LogP) is 1.15. The molecule has 35 heavy (non-hydrogen) atoms. The number of rotatable bonds is 8. The van der Waals surface area contributed by atoms with Gasteiger partial charge in [-0.25, -0.2) is 4.79 Å². The molecular formula is C23H23N3O8S. The van der Waals surface area contributed by atoms with Gasteiger partial charge in [-0.3, -0.25) is 24.6 Å². The van der Waals surface area contributed by atoms with E-state index < -0.39 is 62.3 Å². The van der Waals surface area contributed by atoms with E-state index in [9.17, 15) is 29.1 Å². The van der Waals surface area contributed by atoms with Crippen molar-refractivity contribution in [2.45, 2.75) is 42.3 Å². The number of hydrogen-bond acceptors (Lipinski definition) is 8. The van der Waals surface area contributed by atoms with Crippen LogP contribution in [0.5, 0.6) is 5.75 Å². The Morgan fingerprint density at radius 2 is 1.74 bits per heavy atom. The summed E-state index contributed by atoms with van der Waals surface area (Å²) in [6.07, 6.45) is -1.78. The van der Waals surface area contributed by atoms with Gasteiger partial charge < -0.3 is 19.3 Å². The highest BCUT2D eigenvalue weighted by Gasteiger charge is 2.73. The van der Waals surface area contributed by atoms with Crippen LogP contribution in [0.25, 0.3) is 0 Å². The average molecular weight is 502 g/mol. The van der Waals surface area contributed by atoms with Crippen molar-refractivity contribution in [2.75, 3.05) is 6.61 Å². The summed E-state index contributed by atoms with van der Waals surface area (Å²) in [4.78, 5) is 50.2. The van der Waals surface area contributed by atoms with E-state index in [1.807, 2.05) is 0 Å². The van der Waals surface area contributed by atoms with Crippen LogP contribution in [0.15, 0.2) is 60.7 Å². The lowest BCUT2D eigenvalue weighted by atomic mass is 9.96. The van der Waals surface area contributed by atoms with Crippen molar-refractivity contribution in [1.29, 1.82) is 0 Å². The van der Waals surface area contributed by atoms with Gasteiger partial charge >= 0.3 is 12.2 Å². The molecule has 5 atom stereocenters. The molecule has 2 amide bonds. The molecule has 4 unspecified atom stereocenters. The van der Waals surface area contributed by atoms with Crippen molar-refractivity contribution in [3.8, 4) is 5.75 Å². The number of esters is 1. The van der Waals surface area contributed by atoms with Crippen LogP contribution in [0.1, 0.15) is 25.6 Å². The van der Waals surface area contributed by atoms with Crippen molar-refractivity contribution < 1.29 is 33.3 Å². The zero-order chi connectivity index (χ0) is 25.3. The second-order valence-corrected chi connectivity index (χ2v) is 10.7. The molecule has 11 nitrogen and oxygen atoms in total. The smallest absolute Gasteiger partial charge is 0.382 e. The quantitative estimate of drug-likeness (QED) is 0.141. The van der Waals surface area contributed by atoms with Crippen LogP contribution in [0.4, 0.5) is 0 Å². The van der Waals surface area contributed by atoms with Gasteiger partial charge in [-0.15, -0.1) is 0 Å². The monoisotopic (exact) mass is 501 g/mol. The Hall–Kier alpha value is -3.64. The molecule has 0 bridgehead atoms. The number of hydrogen-bond donors (Lipinski definition) is 1. The first-order valence-corrected chi connectivity index (χ1v) is 11.9. The number of benzene rings is 2. The minimum absolute atomic E-state index is 0.151. The van der Waals surface area contributed by atoms with Crippen LogP contribution < -0.4 is 10.1 Å². The zero-order valence-electron chi connectivity index (χ0n) is 18.9. The number of carbonyl (C=O) groups excluding carboxylic acids is 3. The molecule has 0 saturated carbocycles. The van der Waals surface area contributed by atoms with Gasteiger partial charge in [0.05, 0.1) is 10.5 Å². The minimum Gasteiger partial charge on any atom is -0.614 e. The maximum atomic E-state index is 13.2. The van der Waals surface area contributed by atoms with E-state index in [2.05, 4.69) is 5.32 Å². The molecule has 2 fully saturated rings. The van der Waals surface area contributed by atoms with Crippen LogP contribution in [0.2, 0.25) is 0 Å². The van der Waals surface area contributed by atoms with Crippen molar-refractivity contribution in [3.63, 3.8) is 0 Å². The number of amides is 2. The number of carbonyl (C=O) groups is 3. The summed E-state index contributed by atoms with van der Waals surface area (Å²) in [5.74, 6) is -1.79. The number of β-lactam (4-membered cyclic amide) rings is 1. The Balaban J connectivity index is 1.45. The fraction of sp³-hybridized carbons (Fsp3) is 0.348. The molecule has 2 aliphatic heterocycles. The van der Waals surface area contributed by atoms with Crippen molar-refractivity contribution in [1.82, 2.24) is 10.2 Å². The largest absolute Gasteiger partial charge is 0.614 e. The molecule has 4 rings (SSSR count). The number of nitrogens with one attached hydrogen (secondary N) is 1. The molecule has 2 aliphatic rings. The summed E-state index contributed by atoms with van der Waals surface area (Å²) in [5.41, 5.74) is 0.151. The van der Waals surface area contributed by atoms with Crippen molar-refractivity contribution in [3.05, 3.63) is 76.3 Å². The lowest BCUT2D eigenvalue weighted by Crippen LogP contribution is -2.72. The summed E-state index contributed by atoms with van der Waals surface area (Å²) < 4.78 is 22.5. The van der Waals surface area contributed by atoms with E-state index in [-0.39, 0.29) is 12.2 Å². The molecule has 2 aromatic rings. The second kappa shape index (κ2) is 9.55. The first-order valence-electron chi connectivity index (χ1n) is 10.7. The lowest BCUT2D eigenvalue weighted by Gasteiger charge is -2.41. The topological polar surface area (TPSA) is 151 Å². The summed E-state index contributed by atoms with van der Waals surface area (Å²) in [7, 11) is 0. The first-order chi connectivity index (χ1) is 16.6. The van der Waals surface area contributed by atoms with E-state index in [4.69, 9.17) is 9.47 Å². The Labute approximate surface area is 203 Å². The third kappa shape index (κ3) is 4.54. The Kier molecular flexibility index (Phi) is 6.68. The normalized spacial score (nSPS) is 25.1. The van der Waals surface area contributed by atoms with Gasteiger partial charge in [0.15, 0.2) is 23.4 Å². The van der Waals surface area contributed by atoms with Crippen molar-refractivity contribution >= 4 is 29.0 Å². The predicted molar refractivity (Wildman–Crippen MR) is 123 cm³/mol. The highest BCUT2D eigenvalue weighted by Crippen LogP contribution is 2.46. The number of para-hydroxylation sites is 1. The maximum absolute atomic E-state index is 13.2. The summed E-state index contributed by atoms with van der Waals surface area (Å²) in [6.45, 7) is 2.67. The van der Waals surface area contributed by atoms with Crippen LogP contribution in [-0.2, 0) is 30.3 Å². The highest BCUT2D eigenvalue weighted by atomic mass is 32.2. The highest BCUT2D eigenvalue weighted by molar-refractivity contribution is 7.94. The first kappa shape index (κ1) is 24.5. The SMILES string of the molecule is CC1(C)C(C(=O)OC(c2ccccc2)[N+](=O)[O-])N2C(=O)C(NC(=O)COc3ccccc3)[C@@H]2[S+]1[O-]. The molecule has 2 aromatic carbocycles. The Bertz CT molecular complexity index is 1130. The van der Waals surface area contributed by atoms with Crippen LogP contribution >= 0.6 is 0 Å². The summed E-state index contributed by atoms with van der Waals surface area (Å²) in [6, 6.07) is 13.9. The number of nitrogens with zero attached hydrogens (tertiary/aromatic N) is 2. The van der Waals surface area contributed by atoms with Crippen LogP contribution in [-0.4, -0.2) is 61.0 Å². The lowest BCUT2D eigenvalue weighted by molar-refractivity contribution is -0.576. The number of fused-ring (bicyclic) bond motifs is 1. The van der Waals surface area contributed by atoms with E-state index >= 15 is 0 Å². The molecule has 0 aliphatic carbocycles. The van der Waals surface area contributed by atoms with Gasteiger partial charge in [0.25, 0.3) is 11.8 Å². The van der Waals surface area contributed by atoms with Gasteiger partial charge in [-0.2, -0.15) is 0 Å². The molecule has 0 spiro atoms. The third-order valence-electron chi connectivity index (χ3n) is 5.91. The minimum atomic E-state index is -1.78. The van der Waals surface area contributed by atoms with Gasteiger partial charge in [0.2, 0.25) is 5.37 Å². The second-order valence-electron chi connectivity index (χ2n) is 8.57. The Morgan fingerprint density at radius 3 is 2.34 bits per heavy atom. The summed E-state index contributed by atoms with van der Waals surface area (Å²) >= 11 is -1.77.